The van der Waals surface area contributed by atoms with Crippen LogP contribution in [-0.4, -0.2) is 49.2 Å². The minimum absolute atomic E-state index is 0.0661. The second-order valence-corrected chi connectivity index (χ2v) is 10.2. The minimum atomic E-state index is -3.59. The molecule has 1 aliphatic heterocycles. The number of aromatic nitrogens is 1. The molecule has 0 radical (unpaired) electrons. The highest BCUT2D eigenvalue weighted by atomic mass is 32.2. The molecule has 2 N–H and O–H groups in total. The van der Waals surface area contributed by atoms with Crippen molar-refractivity contribution in [2.24, 2.45) is 5.92 Å². The highest BCUT2D eigenvalue weighted by Crippen LogP contribution is 2.23. The molecule has 1 aromatic carbocycles. The number of carbonyl (C=O) groups is 2. The maximum atomic E-state index is 12.8. The van der Waals surface area contributed by atoms with Gasteiger partial charge in [0.25, 0.3) is 5.91 Å². The molecule has 0 aliphatic carbocycles. The van der Waals surface area contributed by atoms with Gasteiger partial charge >= 0.3 is 0 Å². The zero-order chi connectivity index (χ0) is 21.9. The quantitative estimate of drug-likeness (QED) is 0.703. The summed E-state index contributed by atoms with van der Waals surface area (Å²) in [5, 5.41) is 5.32. The lowest BCUT2D eigenvalue weighted by molar-refractivity contribution is -0.121. The van der Waals surface area contributed by atoms with Gasteiger partial charge in [-0.05, 0) is 57.9 Å². The van der Waals surface area contributed by atoms with Crippen LogP contribution in [0.5, 0.6) is 0 Å². The topological polar surface area (TPSA) is 108 Å². The highest BCUT2D eigenvalue weighted by molar-refractivity contribution is 7.89. The van der Waals surface area contributed by atoms with Crippen molar-refractivity contribution in [3.05, 3.63) is 40.9 Å². The molecule has 1 aliphatic rings. The first-order valence-corrected chi connectivity index (χ1v) is 12.2. The number of hydrogen-bond donors (Lipinski definition) is 2. The molecule has 10 heteroatoms. The van der Waals surface area contributed by atoms with Crippen molar-refractivity contribution in [2.45, 2.75) is 44.6 Å². The molecule has 0 atom stereocenters. The van der Waals surface area contributed by atoms with Gasteiger partial charge in [-0.3, -0.25) is 9.59 Å². The number of anilines is 1. The van der Waals surface area contributed by atoms with Gasteiger partial charge in [-0.15, -0.1) is 11.3 Å². The van der Waals surface area contributed by atoms with E-state index in [1.165, 1.54) is 35.6 Å². The fourth-order valence-electron chi connectivity index (χ4n) is 3.30. The lowest BCUT2D eigenvalue weighted by Gasteiger charge is -2.31. The molecular formula is C20H26N4O4S2. The van der Waals surface area contributed by atoms with E-state index in [0.717, 1.165) is 5.69 Å². The monoisotopic (exact) mass is 450 g/mol. The Kier molecular flexibility index (Phi) is 6.89. The molecule has 2 aromatic rings. The van der Waals surface area contributed by atoms with E-state index in [1.54, 1.807) is 18.7 Å². The Morgan fingerprint density at radius 1 is 1.17 bits per heavy atom. The van der Waals surface area contributed by atoms with E-state index in [4.69, 9.17) is 0 Å². The van der Waals surface area contributed by atoms with E-state index in [2.05, 4.69) is 15.0 Å². The van der Waals surface area contributed by atoms with Crippen LogP contribution in [0.3, 0.4) is 0 Å². The summed E-state index contributed by atoms with van der Waals surface area (Å²) in [6.07, 6.45) is 1.15. The molecule has 1 saturated heterocycles. The van der Waals surface area contributed by atoms with Gasteiger partial charge in [0.2, 0.25) is 15.9 Å². The lowest BCUT2D eigenvalue weighted by Crippen LogP contribution is -2.41. The number of nitrogens with zero attached hydrogens (tertiary/aromatic N) is 2. The summed E-state index contributed by atoms with van der Waals surface area (Å²) in [5.41, 5.74) is 1.30. The van der Waals surface area contributed by atoms with Crippen molar-refractivity contribution < 1.29 is 18.0 Å². The molecule has 2 heterocycles. The molecule has 3 rings (SSSR count). The molecule has 1 fully saturated rings. The van der Waals surface area contributed by atoms with Crippen LogP contribution in [0.15, 0.2) is 34.5 Å². The molecule has 162 valence electrons. The Hall–Kier alpha value is -2.30. The molecular weight excluding hydrogens is 424 g/mol. The van der Waals surface area contributed by atoms with Crippen LogP contribution < -0.4 is 10.0 Å². The number of likely N-dealkylation sites (tertiary alicyclic amines) is 1. The number of piperidine rings is 1. The van der Waals surface area contributed by atoms with Crippen molar-refractivity contribution in [2.75, 3.05) is 18.4 Å². The van der Waals surface area contributed by atoms with Gasteiger partial charge in [-0.1, -0.05) is 0 Å². The summed E-state index contributed by atoms with van der Waals surface area (Å²) in [4.78, 5) is 31.3. The maximum Gasteiger partial charge on any atom is 0.253 e. The van der Waals surface area contributed by atoms with Gasteiger partial charge in [0.15, 0.2) is 5.13 Å². The predicted octanol–water partition coefficient (Wildman–Crippen LogP) is 2.63. The van der Waals surface area contributed by atoms with Crippen LogP contribution in [0, 0.1) is 12.8 Å². The number of amides is 2. The number of nitrogens with one attached hydrogen (secondary N) is 2. The van der Waals surface area contributed by atoms with Gasteiger partial charge in [0.1, 0.15) is 0 Å². The van der Waals surface area contributed by atoms with Crippen molar-refractivity contribution in [3.8, 4) is 0 Å². The largest absolute Gasteiger partial charge is 0.339 e. The summed E-state index contributed by atoms with van der Waals surface area (Å²) in [6, 6.07) is 5.72. The van der Waals surface area contributed by atoms with Gasteiger partial charge < -0.3 is 10.2 Å². The van der Waals surface area contributed by atoms with Crippen molar-refractivity contribution in [1.29, 1.82) is 0 Å². The van der Waals surface area contributed by atoms with Crippen molar-refractivity contribution >= 4 is 38.3 Å². The summed E-state index contributed by atoms with van der Waals surface area (Å²) >= 11 is 1.40. The zero-order valence-electron chi connectivity index (χ0n) is 17.2. The standard InChI is InChI=1S/C20H26N4O4S2/c1-13(2)23-30(27,28)17-6-4-16(5-7-17)19(26)24-10-8-15(9-11-24)18(25)22-20-21-14(3)12-29-20/h4-7,12-13,15,23H,8-11H2,1-3H3,(H,21,22,25). The van der Waals surface area contributed by atoms with E-state index in [9.17, 15) is 18.0 Å². The number of hydrogen-bond acceptors (Lipinski definition) is 6. The number of rotatable bonds is 6. The van der Waals surface area contributed by atoms with E-state index in [-0.39, 0.29) is 28.7 Å². The SMILES string of the molecule is Cc1csc(NC(=O)C2CCN(C(=O)c3ccc(S(=O)(=O)NC(C)C)cc3)CC2)n1. The van der Waals surface area contributed by atoms with E-state index >= 15 is 0 Å². The summed E-state index contributed by atoms with van der Waals surface area (Å²) in [5.74, 6) is -0.387. The molecule has 0 spiro atoms. The number of sulfonamides is 1. The summed E-state index contributed by atoms with van der Waals surface area (Å²) in [7, 11) is -3.59. The Morgan fingerprint density at radius 3 is 2.33 bits per heavy atom. The van der Waals surface area contributed by atoms with E-state index in [1.807, 2.05) is 12.3 Å². The number of carbonyl (C=O) groups excluding carboxylic acids is 2. The first-order chi connectivity index (χ1) is 14.2. The summed E-state index contributed by atoms with van der Waals surface area (Å²) < 4.78 is 26.9. The van der Waals surface area contributed by atoms with E-state index < -0.39 is 10.0 Å². The Bertz CT molecular complexity index is 1010. The molecule has 1 aromatic heterocycles. The van der Waals surface area contributed by atoms with Crippen LogP contribution in [0.2, 0.25) is 0 Å². The van der Waals surface area contributed by atoms with E-state index in [0.29, 0.717) is 36.6 Å². The van der Waals surface area contributed by atoms with Gasteiger partial charge in [-0.25, -0.2) is 18.1 Å². The van der Waals surface area contributed by atoms with Gasteiger partial charge in [0, 0.05) is 36.0 Å². The second kappa shape index (κ2) is 9.23. The van der Waals surface area contributed by atoms with Crippen molar-refractivity contribution in [1.82, 2.24) is 14.6 Å². The van der Waals surface area contributed by atoms with Crippen LogP contribution in [0.4, 0.5) is 5.13 Å². The molecule has 0 bridgehead atoms. The van der Waals surface area contributed by atoms with Crippen molar-refractivity contribution in [3.63, 3.8) is 0 Å². The van der Waals surface area contributed by atoms with Crippen LogP contribution >= 0.6 is 11.3 Å². The van der Waals surface area contributed by atoms with Crippen LogP contribution in [0.1, 0.15) is 42.7 Å². The molecule has 0 saturated carbocycles. The molecule has 30 heavy (non-hydrogen) atoms. The van der Waals surface area contributed by atoms with Gasteiger partial charge in [0.05, 0.1) is 10.6 Å². The third kappa shape index (κ3) is 5.44. The Balaban J connectivity index is 1.56. The summed E-state index contributed by atoms with van der Waals surface area (Å²) in [6.45, 7) is 6.32. The third-order valence-electron chi connectivity index (χ3n) is 4.80. The minimum Gasteiger partial charge on any atom is -0.339 e. The average molecular weight is 451 g/mol. The van der Waals surface area contributed by atoms with Gasteiger partial charge in [-0.2, -0.15) is 0 Å². The third-order valence-corrected chi connectivity index (χ3v) is 7.35. The Morgan fingerprint density at radius 2 is 1.80 bits per heavy atom. The molecule has 0 unspecified atom stereocenters. The second-order valence-electron chi connectivity index (χ2n) is 7.65. The highest BCUT2D eigenvalue weighted by Gasteiger charge is 2.28. The zero-order valence-corrected chi connectivity index (χ0v) is 18.8. The molecule has 8 nitrogen and oxygen atoms in total. The number of benzene rings is 1. The normalized spacial score (nSPS) is 15.4. The smallest absolute Gasteiger partial charge is 0.253 e. The fourth-order valence-corrected chi connectivity index (χ4v) is 5.24. The number of aryl methyl sites for hydroxylation is 1. The first kappa shape index (κ1) is 22.4. The fraction of sp³-hybridized carbons (Fsp3) is 0.450. The predicted molar refractivity (Wildman–Crippen MR) is 116 cm³/mol. The van der Waals surface area contributed by atoms with Crippen LogP contribution in [0.25, 0.3) is 0 Å². The lowest BCUT2D eigenvalue weighted by atomic mass is 9.95. The average Bonchev–Trinajstić information content (AvgIpc) is 3.11. The number of thiazole rings is 1. The first-order valence-electron chi connectivity index (χ1n) is 9.80. The van der Waals surface area contributed by atoms with Crippen LogP contribution in [-0.2, 0) is 14.8 Å². The Labute approximate surface area is 180 Å². The maximum absolute atomic E-state index is 12.8. The molecule has 2 amide bonds.